The van der Waals surface area contributed by atoms with E-state index < -0.39 is 15.1 Å². The van der Waals surface area contributed by atoms with Gasteiger partial charge in [-0.05, 0) is 32.4 Å². The Morgan fingerprint density at radius 1 is 1.25 bits per heavy atom. The second-order valence-electron chi connectivity index (χ2n) is 4.26. The second kappa shape index (κ2) is 4.18. The van der Waals surface area contributed by atoms with Crippen molar-refractivity contribution in [2.75, 3.05) is 6.61 Å². The molecule has 1 fully saturated rings. The van der Waals surface area contributed by atoms with Gasteiger partial charge in [0.2, 0.25) is 0 Å². The van der Waals surface area contributed by atoms with E-state index in [1.54, 1.807) is 12.1 Å². The summed E-state index contributed by atoms with van der Waals surface area (Å²) >= 11 is 0. The normalized spacial score (nSPS) is 25.9. The fourth-order valence-corrected chi connectivity index (χ4v) is 3.88. The van der Waals surface area contributed by atoms with Crippen molar-refractivity contribution in [3.8, 4) is 0 Å². The summed E-state index contributed by atoms with van der Waals surface area (Å²) in [6, 6.07) is 7.01. The van der Waals surface area contributed by atoms with Crippen LogP contribution in [0, 0.1) is 6.92 Å². The Labute approximate surface area is 96.4 Å². The van der Waals surface area contributed by atoms with E-state index in [1.165, 1.54) is 0 Å². The molecule has 1 aliphatic heterocycles. The third kappa shape index (κ3) is 1.99. The Bertz CT molecular complexity index is 462. The minimum atomic E-state index is -3.23. The van der Waals surface area contributed by atoms with Crippen LogP contribution in [0.5, 0.6) is 0 Å². The minimum Gasteiger partial charge on any atom is -0.377 e. The summed E-state index contributed by atoms with van der Waals surface area (Å²) in [5.74, 6) is 0. The molecule has 1 heterocycles. The molecule has 88 valence electrons. The molecule has 16 heavy (non-hydrogen) atoms. The molecule has 0 saturated carbocycles. The van der Waals surface area contributed by atoms with E-state index in [0.717, 1.165) is 5.56 Å². The van der Waals surface area contributed by atoms with Gasteiger partial charge < -0.3 is 4.74 Å². The van der Waals surface area contributed by atoms with Gasteiger partial charge in [-0.2, -0.15) is 0 Å². The zero-order valence-electron chi connectivity index (χ0n) is 9.51. The average molecular weight is 240 g/mol. The van der Waals surface area contributed by atoms with E-state index in [4.69, 9.17) is 4.74 Å². The van der Waals surface area contributed by atoms with Crippen molar-refractivity contribution in [2.24, 2.45) is 0 Å². The first-order chi connectivity index (χ1) is 7.51. The van der Waals surface area contributed by atoms with Crippen LogP contribution in [0.15, 0.2) is 29.2 Å². The molecule has 0 N–H and O–H groups in total. The Balaban J connectivity index is 2.35. The highest BCUT2D eigenvalue weighted by molar-refractivity contribution is 7.92. The van der Waals surface area contributed by atoms with Gasteiger partial charge in [-0.3, -0.25) is 0 Å². The van der Waals surface area contributed by atoms with Gasteiger partial charge in [-0.1, -0.05) is 17.7 Å². The number of benzene rings is 1. The van der Waals surface area contributed by atoms with E-state index in [2.05, 4.69) is 0 Å². The number of aryl methyl sites for hydroxylation is 1. The maximum Gasteiger partial charge on any atom is 0.183 e. The summed E-state index contributed by atoms with van der Waals surface area (Å²) in [6.07, 6.45) is 0.392. The molecule has 4 heteroatoms. The molecular weight excluding hydrogens is 224 g/mol. The predicted octanol–water partition coefficient (Wildman–Crippen LogP) is 1.95. The van der Waals surface area contributed by atoms with Crippen molar-refractivity contribution < 1.29 is 13.2 Å². The molecule has 1 aromatic carbocycles. The van der Waals surface area contributed by atoms with E-state index >= 15 is 0 Å². The summed E-state index contributed by atoms with van der Waals surface area (Å²) in [5.41, 5.74) is 1.06. The Kier molecular flexibility index (Phi) is 3.04. The Morgan fingerprint density at radius 3 is 2.38 bits per heavy atom. The topological polar surface area (TPSA) is 43.4 Å². The lowest BCUT2D eigenvalue weighted by atomic mass is 10.2. The summed E-state index contributed by atoms with van der Waals surface area (Å²) in [6.45, 7) is 4.30. The number of ether oxygens (including phenoxy) is 1. The van der Waals surface area contributed by atoms with E-state index in [-0.39, 0.29) is 6.10 Å². The third-order valence-corrected chi connectivity index (χ3v) is 5.40. The van der Waals surface area contributed by atoms with E-state index in [0.29, 0.717) is 17.9 Å². The second-order valence-corrected chi connectivity index (χ2v) is 6.43. The summed E-state index contributed by atoms with van der Waals surface area (Å²) in [4.78, 5) is 0.403. The highest BCUT2D eigenvalue weighted by atomic mass is 32.2. The molecule has 0 amide bonds. The number of hydrogen-bond acceptors (Lipinski definition) is 3. The molecular formula is C12H16O3S. The summed E-state index contributed by atoms with van der Waals surface area (Å²) < 4.78 is 29.9. The molecule has 1 aliphatic rings. The monoisotopic (exact) mass is 240 g/mol. The molecule has 0 aliphatic carbocycles. The van der Waals surface area contributed by atoms with Gasteiger partial charge in [0.15, 0.2) is 9.84 Å². The summed E-state index contributed by atoms with van der Waals surface area (Å²) in [7, 11) is -3.23. The SMILES string of the molecule is Cc1ccc(S(=O)(=O)C2CCOC2C)cc1. The fraction of sp³-hybridized carbons (Fsp3) is 0.500. The lowest BCUT2D eigenvalue weighted by Crippen LogP contribution is -2.28. The molecule has 0 spiro atoms. The van der Waals surface area contributed by atoms with Crippen molar-refractivity contribution in [3.63, 3.8) is 0 Å². The molecule has 1 saturated heterocycles. The maximum absolute atomic E-state index is 12.3. The van der Waals surface area contributed by atoms with Gasteiger partial charge in [0, 0.05) is 6.61 Å². The smallest absolute Gasteiger partial charge is 0.183 e. The highest BCUT2D eigenvalue weighted by Gasteiger charge is 2.36. The van der Waals surface area contributed by atoms with Gasteiger partial charge in [0.05, 0.1) is 16.2 Å². The molecule has 3 nitrogen and oxygen atoms in total. The number of hydrogen-bond donors (Lipinski definition) is 0. The van der Waals surface area contributed by atoms with E-state index in [1.807, 2.05) is 26.0 Å². The van der Waals surface area contributed by atoms with Crippen molar-refractivity contribution in [3.05, 3.63) is 29.8 Å². The zero-order chi connectivity index (χ0) is 11.8. The number of rotatable bonds is 2. The van der Waals surface area contributed by atoms with Crippen LogP contribution in [-0.2, 0) is 14.6 Å². The van der Waals surface area contributed by atoms with Crippen LogP contribution in [0.3, 0.4) is 0 Å². The molecule has 1 aromatic rings. The maximum atomic E-state index is 12.3. The van der Waals surface area contributed by atoms with Crippen LogP contribution in [0.2, 0.25) is 0 Å². The van der Waals surface area contributed by atoms with Crippen LogP contribution < -0.4 is 0 Å². The highest BCUT2D eigenvalue weighted by Crippen LogP contribution is 2.26. The largest absolute Gasteiger partial charge is 0.377 e. The molecule has 0 radical (unpaired) electrons. The van der Waals surface area contributed by atoms with Gasteiger partial charge in [0.1, 0.15) is 0 Å². The number of sulfone groups is 1. The molecule has 2 atom stereocenters. The Morgan fingerprint density at radius 2 is 1.88 bits per heavy atom. The van der Waals surface area contributed by atoms with Crippen LogP contribution in [0.4, 0.5) is 0 Å². The Hall–Kier alpha value is -0.870. The van der Waals surface area contributed by atoms with Crippen LogP contribution in [-0.4, -0.2) is 26.4 Å². The van der Waals surface area contributed by atoms with E-state index in [9.17, 15) is 8.42 Å². The van der Waals surface area contributed by atoms with Gasteiger partial charge >= 0.3 is 0 Å². The molecule has 0 bridgehead atoms. The van der Waals surface area contributed by atoms with Gasteiger partial charge in [-0.25, -0.2) is 8.42 Å². The fourth-order valence-electron chi connectivity index (χ4n) is 2.02. The van der Waals surface area contributed by atoms with Crippen LogP contribution >= 0.6 is 0 Å². The molecule has 0 aromatic heterocycles. The molecule has 2 rings (SSSR count). The van der Waals surface area contributed by atoms with Crippen molar-refractivity contribution in [1.29, 1.82) is 0 Å². The third-order valence-electron chi connectivity index (χ3n) is 3.05. The quantitative estimate of drug-likeness (QED) is 0.793. The standard InChI is InChI=1S/C12H16O3S/c1-9-3-5-11(6-4-9)16(13,14)12-7-8-15-10(12)2/h3-6,10,12H,7-8H2,1-2H3. The molecule has 2 unspecified atom stereocenters. The van der Waals surface area contributed by atoms with Gasteiger partial charge in [-0.15, -0.1) is 0 Å². The van der Waals surface area contributed by atoms with Gasteiger partial charge in [0.25, 0.3) is 0 Å². The van der Waals surface area contributed by atoms with Crippen molar-refractivity contribution in [1.82, 2.24) is 0 Å². The first-order valence-electron chi connectivity index (χ1n) is 5.44. The first-order valence-corrected chi connectivity index (χ1v) is 6.98. The van der Waals surface area contributed by atoms with Crippen LogP contribution in [0.1, 0.15) is 18.9 Å². The summed E-state index contributed by atoms with van der Waals surface area (Å²) in [5, 5.41) is -0.393. The average Bonchev–Trinajstić information content (AvgIpc) is 2.66. The first kappa shape index (κ1) is 11.6. The van der Waals surface area contributed by atoms with Crippen molar-refractivity contribution in [2.45, 2.75) is 36.5 Å². The predicted molar refractivity (Wildman–Crippen MR) is 62.2 cm³/mol. The zero-order valence-corrected chi connectivity index (χ0v) is 10.3. The van der Waals surface area contributed by atoms with Crippen LogP contribution in [0.25, 0.3) is 0 Å². The lowest BCUT2D eigenvalue weighted by Gasteiger charge is -2.15. The minimum absolute atomic E-state index is 0.202. The van der Waals surface area contributed by atoms with Crippen molar-refractivity contribution >= 4 is 9.84 Å². The lowest BCUT2D eigenvalue weighted by molar-refractivity contribution is 0.126.